The Balaban J connectivity index is 1.28. The van der Waals surface area contributed by atoms with Gasteiger partial charge < -0.3 is 0 Å². The summed E-state index contributed by atoms with van der Waals surface area (Å²) in [7, 11) is 0. The number of benzene rings is 3. The molecule has 6 saturated carbocycles. The second-order valence-corrected chi connectivity index (χ2v) is 20.3. The van der Waals surface area contributed by atoms with Crippen molar-refractivity contribution in [3.05, 3.63) is 79.9 Å². The quantitative estimate of drug-likeness (QED) is 0.186. The first-order valence-corrected chi connectivity index (χ1v) is 24.6. The van der Waals surface area contributed by atoms with Gasteiger partial charge in [-0.1, -0.05) is 140 Å². The third kappa shape index (κ3) is 6.76. The summed E-state index contributed by atoms with van der Waals surface area (Å²) in [5, 5.41) is 3.37. The highest BCUT2D eigenvalue weighted by atomic mass is 14.4. The van der Waals surface area contributed by atoms with Crippen LogP contribution in [0.4, 0.5) is 0 Å². The second kappa shape index (κ2) is 16.4. The summed E-state index contributed by atoms with van der Waals surface area (Å²) in [6.07, 6.45) is 46.3. The molecule has 0 heterocycles. The summed E-state index contributed by atoms with van der Waals surface area (Å²) in [5.41, 5.74) is 19.5. The standard InChI is InChI=1S/C54H74/c1-7-21-37(22-8-1)49-43-33-19-20-34-44(43)50(38-23-9-2-10-24-38)46-36-48-47(35-45(46)49)51(39-25-11-3-12-26-39)53(41-29-15-5-16-30-41)54(42-31-17-6-18-32-42)52(48)40-27-13-4-14-28-40/h19-20,33-34,37-42H,1-18,21-32,35-36H2. The van der Waals surface area contributed by atoms with E-state index in [-0.39, 0.29) is 0 Å². The van der Waals surface area contributed by atoms with Crippen molar-refractivity contribution < 1.29 is 0 Å². The van der Waals surface area contributed by atoms with E-state index >= 15 is 0 Å². The lowest BCUT2D eigenvalue weighted by atomic mass is 9.61. The third-order valence-electron chi connectivity index (χ3n) is 17.2. The lowest BCUT2D eigenvalue weighted by Crippen LogP contribution is -2.28. The molecule has 54 heavy (non-hydrogen) atoms. The average molecular weight is 723 g/mol. The Kier molecular flexibility index (Phi) is 11.0. The maximum atomic E-state index is 2.61. The molecule has 0 unspecified atom stereocenters. The first-order valence-electron chi connectivity index (χ1n) is 24.6. The van der Waals surface area contributed by atoms with Crippen LogP contribution in [0.2, 0.25) is 0 Å². The summed E-state index contributed by atoms with van der Waals surface area (Å²) in [5.74, 6) is 4.79. The molecule has 0 heteroatoms. The summed E-state index contributed by atoms with van der Waals surface area (Å²) in [6, 6.07) is 10.0. The zero-order chi connectivity index (χ0) is 35.8. The number of hydrogen-bond acceptors (Lipinski definition) is 0. The fourth-order valence-corrected chi connectivity index (χ4v) is 14.8. The van der Waals surface area contributed by atoms with Gasteiger partial charge in [-0.15, -0.1) is 0 Å². The molecular formula is C54H74. The topological polar surface area (TPSA) is 0 Å². The van der Waals surface area contributed by atoms with E-state index in [4.69, 9.17) is 0 Å². The zero-order valence-electron chi connectivity index (χ0n) is 34.4. The molecule has 0 aromatic heterocycles. The Hall–Kier alpha value is -2.08. The van der Waals surface area contributed by atoms with Crippen LogP contribution in [0, 0.1) is 0 Å². The van der Waals surface area contributed by atoms with Crippen molar-refractivity contribution in [3.63, 3.8) is 0 Å². The molecule has 0 radical (unpaired) electrons. The molecule has 0 nitrogen and oxygen atoms in total. The average Bonchev–Trinajstić information content (AvgIpc) is 3.26. The van der Waals surface area contributed by atoms with E-state index in [2.05, 4.69) is 24.3 Å². The molecule has 0 spiro atoms. The van der Waals surface area contributed by atoms with Crippen LogP contribution in [0.1, 0.15) is 284 Å². The van der Waals surface area contributed by atoms with Crippen LogP contribution < -0.4 is 0 Å². The Morgan fingerprint density at radius 2 is 0.463 bits per heavy atom. The van der Waals surface area contributed by atoms with E-state index in [1.807, 2.05) is 55.6 Å². The molecule has 0 N–H and O–H groups in total. The second-order valence-electron chi connectivity index (χ2n) is 20.3. The van der Waals surface area contributed by atoms with Crippen molar-refractivity contribution in [2.75, 3.05) is 0 Å². The number of hydrogen-bond donors (Lipinski definition) is 0. The van der Waals surface area contributed by atoms with Gasteiger partial charge in [0.05, 0.1) is 0 Å². The molecule has 0 amide bonds. The Bertz CT molecular complexity index is 1620. The highest BCUT2D eigenvalue weighted by molar-refractivity contribution is 5.93. The van der Waals surface area contributed by atoms with Crippen molar-refractivity contribution in [1.82, 2.24) is 0 Å². The van der Waals surface area contributed by atoms with Crippen LogP contribution in [0.5, 0.6) is 0 Å². The van der Waals surface area contributed by atoms with Crippen molar-refractivity contribution in [1.29, 1.82) is 0 Å². The lowest BCUT2D eigenvalue weighted by Gasteiger charge is -2.43. The van der Waals surface area contributed by atoms with Gasteiger partial charge in [-0.3, -0.25) is 0 Å². The van der Waals surface area contributed by atoms with Crippen molar-refractivity contribution in [2.24, 2.45) is 0 Å². The van der Waals surface area contributed by atoms with Crippen molar-refractivity contribution in [2.45, 2.75) is 241 Å². The largest absolute Gasteiger partial charge is 0.0616 e. The van der Waals surface area contributed by atoms with E-state index in [1.165, 1.54) is 205 Å². The van der Waals surface area contributed by atoms with Gasteiger partial charge in [-0.25, -0.2) is 0 Å². The van der Waals surface area contributed by atoms with Gasteiger partial charge >= 0.3 is 0 Å². The maximum Gasteiger partial charge on any atom is -0.00139 e. The van der Waals surface area contributed by atoms with Crippen LogP contribution in [0.25, 0.3) is 10.8 Å². The Morgan fingerprint density at radius 3 is 0.741 bits per heavy atom. The van der Waals surface area contributed by atoms with E-state index in [1.54, 1.807) is 10.8 Å². The third-order valence-corrected chi connectivity index (χ3v) is 17.2. The summed E-state index contributed by atoms with van der Waals surface area (Å²) in [6.45, 7) is 0. The summed E-state index contributed by atoms with van der Waals surface area (Å²) in [4.78, 5) is 0. The van der Waals surface area contributed by atoms with E-state index in [0.29, 0.717) is 0 Å². The van der Waals surface area contributed by atoms with Crippen molar-refractivity contribution in [3.8, 4) is 0 Å². The van der Waals surface area contributed by atoms with Gasteiger partial charge in [0, 0.05) is 0 Å². The highest BCUT2D eigenvalue weighted by Gasteiger charge is 2.41. The van der Waals surface area contributed by atoms with Gasteiger partial charge in [0.25, 0.3) is 0 Å². The smallest absolute Gasteiger partial charge is 0.00139 e. The minimum absolute atomic E-state index is 0.759. The number of fused-ring (bicyclic) bond motifs is 3. The SMILES string of the molecule is c1ccc2c(C3CCCCC3)c3c(c(C4CCCCC4)c2c1)Cc1c(c(C2CCCCC2)c(C2CCCCC2)c(C2CCCCC2)c1C1CCCCC1)C3. The van der Waals surface area contributed by atoms with E-state index in [0.717, 1.165) is 35.5 Å². The van der Waals surface area contributed by atoms with Gasteiger partial charge in [0.1, 0.15) is 0 Å². The minimum atomic E-state index is 0.759. The highest BCUT2D eigenvalue weighted by Crippen LogP contribution is 2.57. The monoisotopic (exact) mass is 723 g/mol. The normalized spacial score (nSPS) is 24.8. The predicted octanol–water partition coefficient (Wildman–Crippen LogP) is 16.6. The molecule has 290 valence electrons. The zero-order valence-corrected chi connectivity index (χ0v) is 34.4. The molecule has 7 aliphatic carbocycles. The molecule has 6 fully saturated rings. The molecule has 3 aromatic rings. The molecule has 10 rings (SSSR count). The Morgan fingerprint density at radius 1 is 0.241 bits per heavy atom. The summed E-state index contributed by atoms with van der Waals surface area (Å²) < 4.78 is 0. The molecule has 3 aromatic carbocycles. The van der Waals surface area contributed by atoms with Gasteiger partial charge in [0.2, 0.25) is 0 Å². The Labute approximate surface area is 330 Å². The molecular weight excluding hydrogens is 649 g/mol. The first-order chi connectivity index (χ1) is 26.8. The van der Waals surface area contributed by atoms with Crippen LogP contribution in [0.15, 0.2) is 24.3 Å². The molecule has 7 aliphatic rings. The lowest BCUT2D eigenvalue weighted by molar-refractivity contribution is 0.391. The minimum Gasteiger partial charge on any atom is -0.0616 e. The van der Waals surface area contributed by atoms with Gasteiger partial charge in [-0.05, 0) is 192 Å². The molecule has 0 saturated heterocycles. The predicted molar refractivity (Wildman–Crippen MR) is 231 cm³/mol. The molecule has 0 bridgehead atoms. The maximum absolute atomic E-state index is 2.61. The van der Waals surface area contributed by atoms with Crippen LogP contribution in [-0.4, -0.2) is 0 Å². The van der Waals surface area contributed by atoms with Crippen LogP contribution in [0.3, 0.4) is 0 Å². The van der Waals surface area contributed by atoms with Crippen molar-refractivity contribution >= 4 is 10.8 Å². The van der Waals surface area contributed by atoms with Crippen LogP contribution in [-0.2, 0) is 12.8 Å². The fraction of sp³-hybridized carbons (Fsp3) is 0.704. The van der Waals surface area contributed by atoms with Crippen LogP contribution >= 0.6 is 0 Å². The van der Waals surface area contributed by atoms with Gasteiger partial charge in [-0.2, -0.15) is 0 Å². The fourth-order valence-electron chi connectivity index (χ4n) is 14.8. The van der Waals surface area contributed by atoms with E-state index in [9.17, 15) is 0 Å². The number of rotatable bonds is 6. The van der Waals surface area contributed by atoms with E-state index < -0.39 is 0 Å². The molecule has 0 aliphatic heterocycles. The summed E-state index contributed by atoms with van der Waals surface area (Å²) >= 11 is 0. The van der Waals surface area contributed by atoms with Gasteiger partial charge in [0.15, 0.2) is 0 Å². The first kappa shape index (κ1) is 36.3. The molecule has 0 atom stereocenters.